The molecule has 2 rings (SSSR count). The summed E-state index contributed by atoms with van der Waals surface area (Å²) < 4.78 is 0. The zero-order valence-corrected chi connectivity index (χ0v) is 14.2. The fraction of sp³-hybridized carbons (Fsp3) is 1.00. The Morgan fingerprint density at radius 3 is 2.30 bits per heavy atom. The van der Waals surface area contributed by atoms with Crippen molar-refractivity contribution in [3.63, 3.8) is 0 Å². The average Bonchev–Trinajstić information content (AvgIpc) is 2.69. The van der Waals surface area contributed by atoms with E-state index in [2.05, 4.69) is 38.2 Å². The van der Waals surface area contributed by atoms with Crippen molar-refractivity contribution in [1.82, 2.24) is 10.2 Å². The van der Waals surface area contributed by atoms with Gasteiger partial charge in [-0.2, -0.15) is 0 Å². The Morgan fingerprint density at radius 1 is 1.15 bits per heavy atom. The van der Waals surface area contributed by atoms with Crippen molar-refractivity contribution in [2.75, 3.05) is 14.1 Å². The summed E-state index contributed by atoms with van der Waals surface area (Å²) in [6, 6.07) is 2.52. The van der Waals surface area contributed by atoms with Crippen LogP contribution in [0.3, 0.4) is 0 Å². The highest BCUT2D eigenvalue weighted by atomic mass is 15.2. The third-order valence-corrected chi connectivity index (χ3v) is 6.21. The summed E-state index contributed by atoms with van der Waals surface area (Å²) in [4.78, 5) is 2.66. The molecular weight excluding hydrogens is 244 g/mol. The fourth-order valence-electron chi connectivity index (χ4n) is 4.67. The van der Waals surface area contributed by atoms with Gasteiger partial charge in [0, 0.05) is 18.1 Å². The molecule has 2 bridgehead atoms. The molecular formula is C18H36N2. The summed E-state index contributed by atoms with van der Waals surface area (Å²) in [7, 11) is 4.54. The highest BCUT2D eigenvalue weighted by Crippen LogP contribution is 2.40. The molecule has 2 aliphatic heterocycles. The standard InChI is InChI=1S/C18H36N2/c1-5-7-8-14(6-2)11-18(19-3)15-12-16-9-10-17(13-15)20(16)4/h14-19H,5-13H2,1-4H3. The zero-order chi connectivity index (χ0) is 14.5. The third-order valence-electron chi connectivity index (χ3n) is 6.21. The lowest BCUT2D eigenvalue weighted by Gasteiger charge is -2.40. The van der Waals surface area contributed by atoms with Crippen LogP contribution in [0, 0.1) is 11.8 Å². The molecule has 118 valence electrons. The molecule has 0 aromatic rings. The minimum Gasteiger partial charge on any atom is -0.317 e. The largest absolute Gasteiger partial charge is 0.317 e. The first-order chi connectivity index (χ1) is 9.69. The van der Waals surface area contributed by atoms with Gasteiger partial charge in [-0.1, -0.05) is 39.5 Å². The van der Waals surface area contributed by atoms with Crippen LogP contribution in [0.5, 0.6) is 0 Å². The lowest BCUT2D eigenvalue weighted by Crippen LogP contribution is -2.46. The van der Waals surface area contributed by atoms with Gasteiger partial charge in [0.2, 0.25) is 0 Å². The first-order valence-electron chi connectivity index (χ1n) is 9.08. The van der Waals surface area contributed by atoms with Crippen molar-refractivity contribution >= 4 is 0 Å². The van der Waals surface area contributed by atoms with E-state index in [9.17, 15) is 0 Å². The Morgan fingerprint density at radius 2 is 1.80 bits per heavy atom. The highest BCUT2D eigenvalue weighted by Gasteiger charge is 2.40. The lowest BCUT2D eigenvalue weighted by atomic mass is 9.80. The van der Waals surface area contributed by atoms with Gasteiger partial charge in [-0.25, -0.2) is 0 Å². The lowest BCUT2D eigenvalue weighted by molar-refractivity contribution is 0.106. The molecule has 0 spiro atoms. The van der Waals surface area contributed by atoms with E-state index in [-0.39, 0.29) is 0 Å². The van der Waals surface area contributed by atoms with E-state index in [0.717, 1.165) is 30.0 Å². The summed E-state index contributed by atoms with van der Waals surface area (Å²) in [5, 5.41) is 3.68. The van der Waals surface area contributed by atoms with E-state index in [1.807, 2.05) is 0 Å². The van der Waals surface area contributed by atoms with Crippen molar-refractivity contribution in [1.29, 1.82) is 0 Å². The van der Waals surface area contributed by atoms with Crippen molar-refractivity contribution in [2.45, 2.75) is 89.8 Å². The number of hydrogen-bond acceptors (Lipinski definition) is 2. The zero-order valence-electron chi connectivity index (χ0n) is 14.2. The van der Waals surface area contributed by atoms with Gasteiger partial charge in [-0.15, -0.1) is 0 Å². The van der Waals surface area contributed by atoms with Gasteiger partial charge in [-0.05, 0) is 58.0 Å². The molecule has 0 amide bonds. The summed E-state index contributed by atoms with van der Waals surface area (Å²) in [6.45, 7) is 4.70. The topological polar surface area (TPSA) is 15.3 Å². The van der Waals surface area contributed by atoms with Gasteiger partial charge < -0.3 is 10.2 Å². The van der Waals surface area contributed by atoms with Crippen molar-refractivity contribution < 1.29 is 0 Å². The van der Waals surface area contributed by atoms with E-state index in [1.165, 1.54) is 57.8 Å². The smallest absolute Gasteiger partial charge is 0.00989 e. The molecule has 0 aromatic heterocycles. The normalized spacial score (nSPS) is 33.3. The van der Waals surface area contributed by atoms with Gasteiger partial charge in [0.25, 0.3) is 0 Å². The van der Waals surface area contributed by atoms with Gasteiger partial charge >= 0.3 is 0 Å². The number of hydrogen-bond donors (Lipinski definition) is 1. The molecule has 2 heteroatoms. The SMILES string of the molecule is CCCCC(CC)CC(NC)C1CC2CCC(C1)N2C. The minimum absolute atomic E-state index is 0.758. The fourth-order valence-corrected chi connectivity index (χ4v) is 4.67. The Balaban J connectivity index is 1.88. The molecule has 0 saturated carbocycles. The maximum Gasteiger partial charge on any atom is 0.00989 e. The maximum absolute atomic E-state index is 3.68. The molecule has 0 aromatic carbocycles. The Kier molecular flexibility index (Phi) is 6.35. The van der Waals surface area contributed by atoms with Crippen LogP contribution in [0.4, 0.5) is 0 Å². The van der Waals surface area contributed by atoms with E-state index in [4.69, 9.17) is 0 Å². The summed E-state index contributed by atoms with van der Waals surface area (Å²) in [6.07, 6.45) is 12.7. The molecule has 2 nitrogen and oxygen atoms in total. The van der Waals surface area contributed by atoms with Crippen LogP contribution in [0.15, 0.2) is 0 Å². The van der Waals surface area contributed by atoms with E-state index < -0.39 is 0 Å². The molecule has 0 aliphatic carbocycles. The first kappa shape index (κ1) is 16.3. The van der Waals surface area contributed by atoms with Crippen LogP contribution in [-0.4, -0.2) is 37.1 Å². The Hall–Kier alpha value is -0.0800. The second-order valence-electron chi connectivity index (χ2n) is 7.33. The molecule has 4 unspecified atom stereocenters. The molecule has 0 radical (unpaired) electrons. The number of nitrogens with zero attached hydrogens (tertiary/aromatic N) is 1. The van der Waals surface area contributed by atoms with Gasteiger partial charge in [-0.3, -0.25) is 0 Å². The first-order valence-corrected chi connectivity index (χ1v) is 9.08. The van der Waals surface area contributed by atoms with E-state index >= 15 is 0 Å². The molecule has 2 heterocycles. The Bertz CT molecular complexity index is 265. The van der Waals surface area contributed by atoms with Crippen LogP contribution in [0.2, 0.25) is 0 Å². The number of fused-ring (bicyclic) bond motifs is 2. The monoisotopic (exact) mass is 280 g/mol. The highest BCUT2D eigenvalue weighted by molar-refractivity contribution is 4.96. The summed E-state index contributed by atoms with van der Waals surface area (Å²) in [5.74, 6) is 1.86. The van der Waals surface area contributed by atoms with E-state index in [0.29, 0.717) is 0 Å². The van der Waals surface area contributed by atoms with Crippen LogP contribution in [-0.2, 0) is 0 Å². The van der Waals surface area contributed by atoms with Crippen molar-refractivity contribution in [2.24, 2.45) is 11.8 Å². The molecule has 2 fully saturated rings. The number of rotatable bonds is 8. The van der Waals surface area contributed by atoms with Gasteiger partial charge in [0.15, 0.2) is 0 Å². The van der Waals surface area contributed by atoms with Crippen molar-refractivity contribution in [3.8, 4) is 0 Å². The van der Waals surface area contributed by atoms with Crippen LogP contribution in [0.25, 0.3) is 0 Å². The summed E-state index contributed by atoms with van der Waals surface area (Å²) in [5.41, 5.74) is 0. The predicted octanol–water partition coefficient (Wildman–Crippen LogP) is 4.05. The Labute approximate surface area is 126 Å². The second kappa shape index (κ2) is 7.79. The summed E-state index contributed by atoms with van der Waals surface area (Å²) >= 11 is 0. The molecule has 2 aliphatic rings. The predicted molar refractivity (Wildman–Crippen MR) is 88.1 cm³/mol. The average molecular weight is 280 g/mol. The number of nitrogens with one attached hydrogen (secondary N) is 1. The third kappa shape index (κ3) is 3.76. The minimum atomic E-state index is 0.758. The van der Waals surface area contributed by atoms with Crippen molar-refractivity contribution in [3.05, 3.63) is 0 Å². The number of piperidine rings is 1. The molecule has 2 saturated heterocycles. The van der Waals surface area contributed by atoms with Crippen LogP contribution < -0.4 is 5.32 Å². The molecule has 20 heavy (non-hydrogen) atoms. The van der Waals surface area contributed by atoms with Crippen LogP contribution in [0.1, 0.15) is 71.6 Å². The van der Waals surface area contributed by atoms with Gasteiger partial charge in [0.1, 0.15) is 0 Å². The molecule has 4 atom stereocenters. The second-order valence-corrected chi connectivity index (χ2v) is 7.33. The molecule has 1 N–H and O–H groups in total. The van der Waals surface area contributed by atoms with Gasteiger partial charge in [0.05, 0.1) is 0 Å². The van der Waals surface area contributed by atoms with Crippen LogP contribution >= 0.6 is 0 Å². The quantitative estimate of drug-likeness (QED) is 0.721. The maximum atomic E-state index is 3.68. The number of unbranched alkanes of at least 4 members (excludes halogenated alkanes) is 1. The van der Waals surface area contributed by atoms with E-state index in [1.54, 1.807) is 0 Å².